The van der Waals surface area contributed by atoms with Gasteiger partial charge < -0.3 is 5.11 Å². The van der Waals surface area contributed by atoms with E-state index in [0.717, 1.165) is 6.54 Å². The summed E-state index contributed by atoms with van der Waals surface area (Å²) in [5.74, 6) is -0.718. The average Bonchev–Trinajstić information content (AvgIpc) is 2.91. The van der Waals surface area contributed by atoms with Crippen molar-refractivity contribution < 1.29 is 9.90 Å². The number of thiazole rings is 1. The second kappa shape index (κ2) is 4.72. The fraction of sp³-hybridized carbons (Fsp3) is 0.600. The van der Waals surface area contributed by atoms with Crippen molar-refractivity contribution in [3.05, 3.63) is 16.6 Å². The summed E-state index contributed by atoms with van der Waals surface area (Å²) in [4.78, 5) is 18.0. The molecule has 1 aromatic heterocycles. The van der Waals surface area contributed by atoms with Crippen LogP contribution in [0, 0.1) is 0 Å². The van der Waals surface area contributed by atoms with Gasteiger partial charge in [0.05, 0.1) is 11.9 Å². The molecule has 1 saturated carbocycles. The fourth-order valence-corrected chi connectivity index (χ4v) is 2.21. The standard InChI is InChI=1S/C10H14N2O2S/c13-10(14)3-4-12(8-1-2-8)6-9-5-11-7-15-9/h5,7-8H,1-4,6H2,(H,13,14). The lowest BCUT2D eigenvalue weighted by atomic mass is 10.3. The molecule has 0 aliphatic heterocycles. The Bertz CT molecular complexity index is 322. The lowest BCUT2D eigenvalue weighted by Crippen LogP contribution is -2.27. The third kappa shape index (κ3) is 3.28. The Morgan fingerprint density at radius 3 is 3.00 bits per heavy atom. The first-order chi connectivity index (χ1) is 7.25. The van der Waals surface area contributed by atoms with E-state index in [-0.39, 0.29) is 6.42 Å². The van der Waals surface area contributed by atoms with Crippen LogP contribution in [0.4, 0.5) is 0 Å². The number of aliphatic carboxylic acids is 1. The normalized spacial score (nSPS) is 15.8. The van der Waals surface area contributed by atoms with Crippen LogP contribution in [0.3, 0.4) is 0 Å². The highest BCUT2D eigenvalue weighted by Gasteiger charge is 2.29. The molecule has 0 bridgehead atoms. The zero-order valence-corrected chi connectivity index (χ0v) is 9.24. The first kappa shape index (κ1) is 10.6. The molecule has 1 aromatic rings. The zero-order chi connectivity index (χ0) is 10.7. The van der Waals surface area contributed by atoms with Crippen molar-refractivity contribution in [2.24, 2.45) is 0 Å². The van der Waals surface area contributed by atoms with Gasteiger partial charge in [-0.2, -0.15) is 0 Å². The Kier molecular flexibility index (Phi) is 3.33. The number of aromatic nitrogens is 1. The number of nitrogens with zero attached hydrogens (tertiary/aromatic N) is 2. The largest absolute Gasteiger partial charge is 0.481 e. The van der Waals surface area contributed by atoms with Crippen LogP contribution in [-0.2, 0) is 11.3 Å². The Labute approximate surface area is 92.6 Å². The molecule has 0 radical (unpaired) electrons. The molecule has 2 rings (SSSR count). The molecule has 82 valence electrons. The van der Waals surface area contributed by atoms with Gasteiger partial charge in [-0.05, 0) is 12.8 Å². The van der Waals surface area contributed by atoms with Crippen LogP contribution in [0.25, 0.3) is 0 Å². The molecule has 1 aliphatic rings. The predicted molar refractivity (Wildman–Crippen MR) is 57.8 cm³/mol. The van der Waals surface area contributed by atoms with Gasteiger partial charge in [0, 0.05) is 30.2 Å². The summed E-state index contributed by atoms with van der Waals surface area (Å²) in [5, 5.41) is 8.65. The number of hydrogen-bond donors (Lipinski definition) is 1. The van der Waals surface area contributed by atoms with Crippen molar-refractivity contribution in [3.63, 3.8) is 0 Å². The molecular formula is C10H14N2O2S. The minimum atomic E-state index is -0.718. The monoisotopic (exact) mass is 226 g/mol. The summed E-state index contributed by atoms with van der Waals surface area (Å²) >= 11 is 1.63. The van der Waals surface area contributed by atoms with Gasteiger partial charge in [0.25, 0.3) is 0 Å². The molecule has 4 nitrogen and oxygen atoms in total. The number of hydrogen-bond acceptors (Lipinski definition) is 4. The number of carboxylic acid groups (broad SMARTS) is 1. The summed E-state index contributed by atoms with van der Waals surface area (Å²) in [7, 11) is 0. The second-order valence-electron chi connectivity index (χ2n) is 3.81. The van der Waals surface area contributed by atoms with Gasteiger partial charge in [-0.1, -0.05) is 0 Å². The van der Waals surface area contributed by atoms with Crippen LogP contribution in [-0.4, -0.2) is 33.5 Å². The second-order valence-corrected chi connectivity index (χ2v) is 4.78. The van der Waals surface area contributed by atoms with E-state index in [0.29, 0.717) is 12.6 Å². The molecule has 0 amide bonds. The highest BCUT2D eigenvalue weighted by atomic mass is 32.1. The SMILES string of the molecule is O=C(O)CCN(Cc1cncs1)C1CC1. The minimum absolute atomic E-state index is 0.231. The number of carboxylic acids is 1. The smallest absolute Gasteiger partial charge is 0.304 e. The van der Waals surface area contributed by atoms with Crippen molar-refractivity contribution in [2.75, 3.05) is 6.54 Å². The van der Waals surface area contributed by atoms with Crippen molar-refractivity contribution in [1.29, 1.82) is 0 Å². The summed E-state index contributed by atoms with van der Waals surface area (Å²) in [6.07, 6.45) is 4.51. The van der Waals surface area contributed by atoms with Crippen molar-refractivity contribution in [1.82, 2.24) is 9.88 Å². The van der Waals surface area contributed by atoms with Gasteiger partial charge in [0.15, 0.2) is 0 Å². The zero-order valence-electron chi connectivity index (χ0n) is 8.43. The molecule has 15 heavy (non-hydrogen) atoms. The van der Waals surface area contributed by atoms with Gasteiger partial charge in [-0.15, -0.1) is 11.3 Å². The van der Waals surface area contributed by atoms with E-state index in [9.17, 15) is 4.79 Å². The lowest BCUT2D eigenvalue weighted by molar-refractivity contribution is -0.137. The quantitative estimate of drug-likeness (QED) is 0.800. The van der Waals surface area contributed by atoms with Gasteiger partial charge >= 0.3 is 5.97 Å². The summed E-state index contributed by atoms with van der Waals surface area (Å²) in [6.45, 7) is 1.50. The molecule has 0 spiro atoms. The Balaban J connectivity index is 1.86. The summed E-state index contributed by atoms with van der Waals surface area (Å²) in [5.41, 5.74) is 1.82. The first-order valence-electron chi connectivity index (χ1n) is 5.09. The minimum Gasteiger partial charge on any atom is -0.481 e. The number of rotatable bonds is 6. The third-order valence-electron chi connectivity index (χ3n) is 2.52. The van der Waals surface area contributed by atoms with E-state index in [1.165, 1.54) is 17.7 Å². The van der Waals surface area contributed by atoms with Gasteiger partial charge in [0.1, 0.15) is 0 Å². The molecule has 1 N–H and O–H groups in total. The van der Waals surface area contributed by atoms with E-state index in [4.69, 9.17) is 5.11 Å². The van der Waals surface area contributed by atoms with E-state index in [2.05, 4.69) is 9.88 Å². The van der Waals surface area contributed by atoms with Crippen molar-refractivity contribution >= 4 is 17.3 Å². The van der Waals surface area contributed by atoms with Crippen molar-refractivity contribution in [2.45, 2.75) is 31.8 Å². The maximum Gasteiger partial charge on any atom is 0.304 e. The Hall–Kier alpha value is -0.940. The summed E-state index contributed by atoms with van der Waals surface area (Å²) < 4.78 is 0. The van der Waals surface area contributed by atoms with Gasteiger partial charge in [0.2, 0.25) is 0 Å². The van der Waals surface area contributed by atoms with Crippen LogP contribution in [0.1, 0.15) is 24.1 Å². The van der Waals surface area contributed by atoms with Gasteiger partial charge in [-0.3, -0.25) is 14.7 Å². The molecule has 1 heterocycles. The van der Waals surface area contributed by atoms with E-state index in [1.807, 2.05) is 11.7 Å². The molecule has 0 aromatic carbocycles. The molecule has 5 heteroatoms. The molecule has 0 saturated heterocycles. The van der Waals surface area contributed by atoms with Crippen LogP contribution in [0.2, 0.25) is 0 Å². The highest BCUT2D eigenvalue weighted by Crippen LogP contribution is 2.28. The predicted octanol–water partition coefficient (Wildman–Crippen LogP) is 1.58. The average molecular weight is 226 g/mol. The molecular weight excluding hydrogens is 212 g/mol. The molecule has 1 fully saturated rings. The molecule has 1 aliphatic carbocycles. The summed E-state index contributed by atoms with van der Waals surface area (Å²) in [6, 6.07) is 0.603. The highest BCUT2D eigenvalue weighted by molar-refractivity contribution is 7.09. The van der Waals surface area contributed by atoms with Gasteiger partial charge in [-0.25, -0.2) is 0 Å². The maximum absolute atomic E-state index is 10.5. The molecule has 0 atom stereocenters. The van der Waals surface area contributed by atoms with E-state index < -0.39 is 5.97 Å². The van der Waals surface area contributed by atoms with Crippen LogP contribution in [0.5, 0.6) is 0 Å². The Morgan fingerprint density at radius 2 is 2.47 bits per heavy atom. The Morgan fingerprint density at radius 1 is 1.67 bits per heavy atom. The van der Waals surface area contributed by atoms with E-state index >= 15 is 0 Å². The van der Waals surface area contributed by atoms with Crippen LogP contribution in [0.15, 0.2) is 11.7 Å². The maximum atomic E-state index is 10.5. The van der Waals surface area contributed by atoms with Crippen molar-refractivity contribution in [3.8, 4) is 0 Å². The van der Waals surface area contributed by atoms with E-state index in [1.54, 1.807) is 11.3 Å². The fourth-order valence-electron chi connectivity index (χ4n) is 1.59. The number of carbonyl (C=O) groups is 1. The third-order valence-corrected chi connectivity index (χ3v) is 3.28. The van der Waals surface area contributed by atoms with Crippen LogP contribution < -0.4 is 0 Å². The lowest BCUT2D eigenvalue weighted by Gasteiger charge is -2.19. The van der Waals surface area contributed by atoms with Crippen LogP contribution >= 0.6 is 11.3 Å². The topological polar surface area (TPSA) is 53.4 Å². The molecule has 0 unspecified atom stereocenters. The first-order valence-corrected chi connectivity index (χ1v) is 5.97.